The highest BCUT2D eigenvalue weighted by Crippen LogP contribution is 2.29. The number of aryl methyl sites for hydroxylation is 2. The highest BCUT2D eigenvalue weighted by molar-refractivity contribution is 5.79. The summed E-state index contributed by atoms with van der Waals surface area (Å²) >= 11 is 0. The first-order valence-electron chi connectivity index (χ1n) is 9.78. The van der Waals surface area contributed by atoms with E-state index in [0.29, 0.717) is 19.1 Å². The summed E-state index contributed by atoms with van der Waals surface area (Å²) in [6.07, 6.45) is 6.40. The third-order valence-corrected chi connectivity index (χ3v) is 6.05. The molecule has 0 radical (unpaired) electrons. The van der Waals surface area contributed by atoms with Crippen LogP contribution in [0.5, 0.6) is 0 Å². The van der Waals surface area contributed by atoms with E-state index in [-0.39, 0.29) is 5.91 Å². The van der Waals surface area contributed by atoms with Crippen molar-refractivity contribution in [3.8, 4) is 0 Å². The highest BCUT2D eigenvalue weighted by atomic mass is 16.7. The number of ether oxygens (including phenoxy) is 2. The Labute approximate surface area is 155 Å². The zero-order valence-electron chi connectivity index (χ0n) is 15.9. The van der Waals surface area contributed by atoms with Gasteiger partial charge in [0.25, 0.3) is 0 Å². The number of rotatable bonds is 5. The summed E-state index contributed by atoms with van der Waals surface area (Å²) in [7, 11) is 3.28. The number of hydrogen-bond donors (Lipinski definition) is 0. The van der Waals surface area contributed by atoms with Crippen molar-refractivity contribution in [2.24, 2.45) is 0 Å². The lowest BCUT2D eigenvalue weighted by Gasteiger charge is -2.37. The van der Waals surface area contributed by atoms with E-state index in [9.17, 15) is 4.79 Å². The van der Waals surface area contributed by atoms with Crippen LogP contribution in [0.15, 0.2) is 6.07 Å². The van der Waals surface area contributed by atoms with Crippen LogP contribution in [-0.2, 0) is 33.7 Å². The monoisotopic (exact) mass is 359 g/mol. The molecule has 2 saturated heterocycles. The fourth-order valence-corrected chi connectivity index (χ4v) is 4.65. The summed E-state index contributed by atoms with van der Waals surface area (Å²) in [5.41, 5.74) is 4.39. The Balaban J connectivity index is 1.62. The van der Waals surface area contributed by atoms with Crippen LogP contribution in [0.25, 0.3) is 0 Å². The molecule has 1 aliphatic carbocycles. The molecule has 1 amide bonds. The molecule has 1 atom stereocenters. The Morgan fingerprint density at radius 2 is 2.04 bits per heavy atom. The lowest BCUT2D eigenvalue weighted by Crippen LogP contribution is -2.53. The molecule has 142 valence electrons. The van der Waals surface area contributed by atoms with Gasteiger partial charge < -0.3 is 14.4 Å². The number of hydrogen-bond acceptors (Lipinski definition) is 5. The fourth-order valence-electron chi connectivity index (χ4n) is 4.65. The van der Waals surface area contributed by atoms with Gasteiger partial charge in [-0.25, -0.2) is 0 Å². The molecule has 4 rings (SSSR count). The maximum Gasteiger partial charge on any atom is 0.237 e. The lowest BCUT2D eigenvalue weighted by atomic mass is 9.93. The number of carbonyl (C=O) groups excluding carboxylic acids is 1. The number of aromatic nitrogens is 1. The second-order valence-corrected chi connectivity index (χ2v) is 7.69. The van der Waals surface area contributed by atoms with Crippen LogP contribution < -0.4 is 0 Å². The Bertz CT molecular complexity index is 675. The minimum atomic E-state index is -0.486. The van der Waals surface area contributed by atoms with E-state index < -0.39 is 6.29 Å². The van der Waals surface area contributed by atoms with E-state index in [4.69, 9.17) is 14.5 Å². The number of carbonyl (C=O) groups is 1. The number of piperazine rings is 1. The third-order valence-electron chi connectivity index (χ3n) is 6.05. The van der Waals surface area contributed by atoms with Crippen molar-refractivity contribution < 1.29 is 14.3 Å². The molecular formula is C20H29N3O3. The predicted octanol–water partition coefficient (Wildman–Crippen LogP) is 2.06. The predicted molar refractivity (Wildman–Crippen MR) is 97.7 cm³/mol. The van der Waals surface area contributed by atoms with Crippen LogP contribution in [0.3, 0.4) is 0 Å². The smallest absolute Gasteiger partial charge is 0.237 e. The molecule has 1 unspecified atom stereocenters. The maximum absolute atomic E-state index is 12.7. The van der Waals surface area contributed by atoms with E-state index in [1.54, 1.807) is 14.2 Å². The van der Waals surface area contributed by atoms with E-state index in [1.165, 1.54) is 36.9 Å². The largest absolute Gasteiger partial charge is 0.350 e. The topological polar surface area (TPSA) is 54.9 Å². The molecule has 0 spiro atoms. The molecule has 0 saturated carbocycles. The van der Waals surface area contributed by atoms with Gasteiger partial charge in [-0.1, -0.05) is 6.07 Å². The second-order valence-electron chi connectivity index (χ2n) is 7.69. The Morgan fingerprint density at radius 3 is 2.85 bits per heavy atom. The minimum Gasteiger partial charge on any atom is -0.350 e. The molecule has 0 N–H and O–H groups in total. The van der Waals surface area contributed by atoms with Crippen molar-refractivity contribution in [3.05, 3.63) is 28.6 Å². The van der Waals surface area contributed by atoms with Crippen LogP contribution in [-0.4, -0.2) is 60.6 Å². The molecule has 0 bridgehead atoms. The van der Waals surface area contributed by atoms with Gasteiger partial charge in [0, 0.05) is 39.0 Å². The van der Waals surface area contributed by atoms with Gasteiger partial charge in [-0.15, -0.1) is 0 Å². The molecule has 6 heteroatoms. The molecular weight excluding hydrogens is 330 g/mol. The van der Waals surface area contributed by atoms with Gasteiger partial charge in [-0.05, 0) is 56.2 Å². The average Bonchev–Trinajstić information content (AvgIpc) is 3.10. The summed E-state index contributed by atoms with van der Waals surface area (Å²) in [5, 5.41) is 0. The lowest BCUT2D eigenvalue weighted by molar-refractivity contribution is -0.138. The van der Waals surface area contributed by atoms with Crippen LogP contribution in [0.2, 0.25) is 0 Å². The van der Waals surface area contributed by atoms with Gasteiger partial charge in [-0.3, -0.25) is 14.7 Å². The van der Waals surface area contributed by atoms with E-state index in [1.807, 2.05) is 4.90 Å². The van der Waals surface area contributed by atoms with Crippen molar-refractivity contribution >= 4 is 5.91 Å². The number of nitrogens with zero attached hydrogens (tertiary/aromatic N) is 3. The molecule has 3 heterocycles. The molecule has 2 fully saturated rings. The third kappa shape index (κ3) is 3.38. The first-order chi connectivity index (χ1) is 12.7. The Morgan fingerprint density at radius 1 is 1.23 bits per heavy atom. The minimum absolute atomic E-state index is 0.221. The summed E-state index contributed by atoms with van der Waals surface area (Å²) in [4.78, 5) is 21.9. The number of fused-ring (bicyclic) bond motifs is 2. The van der Waals surface area contributed by atoms with Crippen LogP contribution in [0.1, 0.15) is 54.5 Å². The second kappa shape index (κ2) is 7.62. The molecule has 3 aliphatic rings. The van der Waals surface area contributed by atoms with E-state index in [0.717, 1.165) is 37.2 Å². The van der Waals surface area contributed by atoms with Gasteiger partial charge in [0.15, 0.2) is 0 Å². The van der Waals surface area contributed by atoms with Crippen molar-refractivity contribution in [2.45, 2.75) is 57.4 Å². The van der Waals surface area contributed by atoms with Crippen molar-refractivity contribution in [3.63, 3.8) is 0 Å². The molecule has 6 nitrogen and oxygen atoms in total. The fraction of sp³-hybridized carbons (Fsp3) is 0.700. The molecule has 2 aliphatic heterocycles. The van der Waals surface area contributed by atoms with Gasteiger partial charge in [-0.2, -0.15) is 0 Å². The molecule has 1 aromatic rings. The van der Waals surface area contributed by atoms with Crippen LogP contribution >= 0.6 is 0 Å². The van der Waals surface area contributed by atoms with Crippen LogP contribution in [0.4, 0.5) is 0 Å². The van der Waals surface area contributed by atoms with Crippen molar-refractivity contribution in [1.29, 1.82) is 0 Å². The standard InChI is InChI=1S/C20H29N3O3/c1-25-20(26-2)19-15(10-14-6-3-4-8-17(14)21-19)11-23-12-16-7-5-9-22(16)13-18(23)24/h10,16,20H,3-9,11-13H2,1-2H3. The molecule has 1 aromatic heterocycles. The zero-order valence-corrected chi connectivity index (χ0v) is 15.9. The van der Waals surface area contributed by atoms with Gasteiger partial charge in [0.2, 0.25) is 12.2 Å². The number of pyridine rings is 1. The van der Waals surface area contributed by atoms with Crippen molar-refractivity contribution in [1.82, 2.24) is 14.8 Å². The van der Waals surface area contributed by atoms with Crippen LogP contribution in [0, 0.1) is 0 Å². The first-order valence-corrected chi connectivity index (χ1v) is 9.78. The highest BCUT2D eigenvalue weighted by Gasteiger charge is 2.35. The number of amides is 1. The van der Waals surface area contributed by atoms with Crippen molar-refractivity contribution in [2.75, 3.05) is 33.9 Å². The summed E-state index contributed by atoms with van der Waals surface area (Å²) in [5.74, 6) is 0.221. The molecule has 0 aromatic carbocycles. The van der Waals surface area contributed by atoms with Gasteiger partial charge in [0.1, 0.15) is 5.69 Å². The van der Waals surface area contributed by atoms with Gasteiger partial charge >= 0.3 is 0 Å². The molecule has 26 heavy (non-hydrogen) atoms. The van der Waals surface area contributed by atoms with E-state index in [2.05, 4.69) is 11.0 Å². The summed E-state index contributed by atoms with van der Waals surface area (Å²) < 4.78 is 11.0. The van der Waals surface area contributed by atoms with Gasteiger partial charge in [0.05, 0.1) is 6.54 Å². The first kappa shape index (κ1) is 17.9. The summed E-state index contributed by atoms with van der Waals surface area (Å²) in [6, 6.07) is 2.76. The maximum atomic E-state index is 12.7. The zero-order chi connectivity index (χ0) is 18.1. The number of methoxy groups -OCH3 is 2. The normalized spacial score (nSPS) is 23.4. The Hall–Kier alpha value is -1.50. The van der Waals surface area contributed by atoms with E-state index >= 15 is 0 Å². The Kier molecular flexibility index (Phi) is 5.25. The SMILES string of the molecule is COC(OC)c1nc2c(cc1CN1CC3CCCN3CC1=O)CCCC2. The average molecular weight is 359 g/mol. The quantitative estimate of drug-likeness (QED) is 0.753. The summed E-state index contributed by atoms with van der Waals surface area (Å²) in [6.45, 7) is 3.03.